The molecule has 1 atom stereocenters. The highest BCUT2D eigenvalue weighted by Gasteiger charge is 2.28. The van der Waals surface area contributed by atoms with E-state index in [9.17, 15) is 14.4 Å². The smallest absolute Gasteiger partial charge is 0.251 e. The van der Waals surface area contributed by atoms with E-state index in [0.717, 1.165) is 0 Å². The lowest BCUT2D eigenvalue weighted by molar-refractivity contribution is -0.135. The molecule has 0 bridgehead atoms. The molecule has 2 N–H and O–H groups in total. The van der Waals surface area contributed by atoms with Crippen LogP contribution in [0, 0.1) is 12.8 Å². The van der Waals surface area contributed by atoms with Crippen LogP contribution in [-0.2, 0) is 9.59 Å². The maximum atomic E-state index is 12.9. The van der Waals surface area contributed by atoms with E-state index < -0.39 is 11.9 Å². The highest BCUT2D eigenvalue weighted by Crippen LogP contribution is 2.13. The first kappa shape index (κ1) is 22.9. The van der Waals surface area contributed by atoms with Crippen LogP contribution in [-0.4, -0.2) is 54.0 Å². The molecule has 1 aromatic heterocycles. The molecule has 0 saturated carbocycles. The molecule has 1 aromatic carbocycles. The minimum Gasteiger partial charge on any atom is -0.494 e. The summed E-state index contributed by atoms with van der Waals surface area (Å²) in [6.45, 7) is 7.58. The van der Waals surface area contributed by atoms with Crippen LogP contribution in [0.3, 0.4) is 0 Å². The predicted octanol–water partition coefficient (Wildman–Crippen LogP) is 2.23. The average molecular weight is 416 g/mol. The van der Waals surface area contributed by atoms with Crippen LogP contribution in [0.15, 0.2) is 34.9 Å². The lowest BCUT2D eigenvalue weighted by atomic mass is 10.0. The van der Waals surface area contributed by atoms with Gasteiger partial charge in [-0.25, -0.2) is 0 Å². The van der Waals surface area contributed by atoms with Crippen molar-refractivity contribution in [1.29, 1.82) is 0 Å². The highest BCUT2D eigenvalue weighted by atomic mass is 16.5. The number of nitrogens with one attached hydrogen (secondary N) is 2. The third-order valence-corrected chi connectivity index (χ3v) is 4.30. The summed E-state index contributed by atoms with van der Waals surface area (Å²) in [7, 11) is 1.51. The molecule has 3 amide bonds. The average Bonchev–Trinajstić information content (AvgIpc) is 3.10. The highest BCUT2D eigenvalue weighted by molar-refractivity contribution is 5.99. The molecule has 0 radical (unpaired) electrons. The summed E-state index contributed by atoms with van der Waals surface area (Å²) in [4.78, 5) is 38.9. The summed E-state index contributed by atoms with van der Waals surface area (Å²) in [6.07, 6.45) is 0. The van der Waals surface area contributed by atoms with Gasteiger partial charge in [0.05, 0.1) is 13.2 Å². The minimum atomic E-state index is -0.781. The summed E-state index contributed by atoms with van der Waals surface area (Å²) in [5, 5.41) is 9.01. The van der Waals surface area contributed by atoms with Gasteiger partial charge in [0.15, 0.2) is 5.82 Å². The Morgan fingerprint density at radius 1 is 1.20 bits per heavy atom. The summed E-state index contributed by atoms with van der Waals surface area (Å²) in [5.74, 6) is 0.178. The van der Waals surface area contributed by atoms with Crippen LogP contribution in [0.5, 0.6) is 5.75 Å². The van der Waals surface area contributed by atoms with Gasteiger partial charge in [-0.15, -0.1) is 0 Å². The van der Waals surface area contributed by atoms with Crippen molar-refractivity contribution in [2.24, 2.45) is 5.92 Å². The van der Waals surface area contributed by atoms with Crippen molar-refractivity contribution in [2.75, 3.05) is 25.5 Å². The van der Waals surface area contributed by atoms with Crippen LogP contribution in [0.1, 0.15) is 36.9 Å². The molecule has 0 spiro atoms. The standard InChI is InChI=1S/C21H28N4O5/c1-6-29-16-9-7-15(8-10-16)20(27)23-19(13(2)3)21(28)25(5)12-18(26)22-17-11-14(4)30-24-17/h7-11,13,19H,6,12H2,1-5H3,(H,23,27)(H,22,24,26)/t19-/m0/s1. The molecule has 0 fully saturated rings. The molecule has 0 aliphatic rings. The Hall–Kier alpha value is -3.36. The second-order valence-corrected chi connectivity index (χ2v) is 7.22. The number of hydrogen-bond acceptors (Lipinski definition) is 6. The van der Waals surface area contributed by atoms with Gasteiger partial charge in [-0.3, -0.25) is 14.4 Å². The van der Waals surface area contributed by atoms with Crippen molar-refractivity contribution in [3.05, 3.63) is 41.7 Å². The van der Waals surface area contributed by atoms with Crippen molar-refractivity contribution in [3.63, 3.8) is 0 Å². The first-order valence-electron chi connectivity index (χ1n) is 9.73. The first-order valence-corrected chi connectivity index (χ1v) is 9.73. The van der Waals surface area contributed by atoms with Gasteiger partial charge < -0.3 is 24.8 Å². The van der Waals surface area contributed by atoms with E-state index in [1.807, 2.05) is 20.8 Å². The zero-order chi connectivity index (χ0) is 22.3. The molecule has 30 heavy (non-hydrogen) atoms. The molecule has 0 unspecified atom stereocenters. The van der Waals surface area contributed by atoms with Gasteiger partial charge in [-0.1, -0.05) is 19.0 Å². The maximum Gasteiger partial charge on any atom is 0.251 e. The van der Waals surface area contributed by atoms with Crippen molar-refractivity contribution >= 4 is 23.5 Å². The number of amides is 3. The summed E-state index contributed by atoms with van der Waals surface area (Å²) in [5.41, 5.74) is 0.415. The topological polar surface area (TPSA) is 114 Å². The molecule has 9 nitrogen and oxygen atoms in total. The van der Waals surface area contributed by atoms with Crippen LogP contribution in [0.2, 0.25) is 0 Å². The molecular formula is C21H28N4O5. The second-order valence-electron chi connectivity index (χ2n) is 7.22. The SMILES string of the molecule is CCOc1ccc(C(=O)N[C@H](C(=O)N(C)CC(=O)Nc2cc(C)on2)C(C)C)cc1. The van der Waals surface area contributed by atoms with Gasteiger partial charge in [-0.2, -0.15) is 0 Å². The Bertz CT molecular complexity index is 876. The largest absolute Gasteiger partial charge is 0.494 e. The van der Waals surface area contributed by atoms with Gasteiger partial charge in [0.1, 0.15) is 17.6 Å². The maximum absolute atomic E-state index is 12.9. The normalized spacial score (nSPS) is 11.7. The van der Waals surface area contributed by atoms with E-state index in [1.54, 1.807) is 37.3 Å². The quantitative estimate of drug-likeness (QED) is 0.648. The first-order chi connectivity index (χ1) is 14.2. The number of aromatic nitrogens is 1. The Labute approximate surface area is 175 Å². The van der Waals surface area contributed by atoms with E-state index in [0.29, 0.717) is 23.7 Å². The predicted molar refractivity (Wildman–Crippen MR) is 111 cm³/mol. The Morgan fingerprint density at radius 2 is 1.87 bits per heavy atom. The lowest BCUT2D eigenvalue weighted by Gasteiger charge is -2.26. The second kappa shape index (κ2) is 10.4. The molecule has 1 heterocycles. The number of likely N-dealkylation sites (N-methyl/N-ethyl adjacent to an activating group) is 1. The molecule has 0 aliphatic carbocycles. The number of benzene rings is 1. The lowest BCUT2D eigenvalue weighted by Crippen LogP contribution is -2.51. The number of aryl methyl sites for hydroxylation is 1. The fourth-order valence-electron chi connectivity index (χ4n) is 2.75. The van der Waals surface area contributed by atoms with Crippen LogP contribution in [0.4, 0.5) is 5.82 Å². The molecule has 2 rings (SSSR count). The summed E-state index contributed by atoms with van der Waals surface area (Å²) < 4.78 is 10.3. The van der Waals surface area contributed by atoms with E-state index >= 15 is 0 Å². The van der Waals surface area contributed by atoms with E-state index in [-0.39, 0.29) is 30.1 Å². The minimum absolute atomic E-state index is 0.173. The van der Waals surface area contributed by atoms with Crippen LogP contribution >= 0.6 is 0 Å². The van der Waals surface area contributed by atoms with E-state index in [1.165, 1.54) is 11.9 Å². The fourth-order valence-corrected chi connectivity index (χ4v) is 2.75. The van der Waals surface area contributed by atoms with Crippen molar-refractivity contribution in [2.45, 2.75) is 33.7 Å². The molecule has 9 heteroatoms. The molecular weight excluding hydrogens is 388 g/mol. The number of hydrogen-bond donors (Lipinski definition) is 2. The number of ether oxygens (including phenoxy) is 1. The van der Waals surface area contributed by atoms with Crippen molar-refractivity contribution in [3.8, 4) is 5.75 Å². The number of rotatable bonds is 9. The van der Waals surface area contributed by atoms with Gasteiger partial charge >= 0.3 is 0 Å². The summed E-state index contributed by atoms with van der Waals surface area (Å²) >= 11 is 0. The summed E-state index contributed by atoms with van der Waals surface area (Å²) in [6, 6.07) is 7.47. The van der Waals surface area contributed by atoms with Gasteiger partial charge in [0.2, 0.25) is 11.8 Å². The van der Waals surface area contributed by atoms with Crippen molar-refractivity contribution < 1.29 is 23.6 Å². The molecule has 0 saturated heterocycles. The molecule has 2 aromatic rings. The van der Waals surface area contributed by atoms with Gasteiger partial charge in [0.25, 0.3) is 5.91 Å². The zero-order valence-corrected chi connectivity index (χ0v) is 17.9. The van der Waals surface area contributed by atoms with Crippen LogP contribution in [0.25, 0.3) is 0 Å². The number of carbonyl (C=O) groups is 3. The van der Waals surface area contributed by atoms with Crippen LogP contribution < -0.4 is 15.4 Å². The number of nitrogens with zero attached hydrogens (tertiary/aromatic N) is 2. The van der Waals surface area contributed by atoms with Gasteiger partial charge in [0, 0.05) is 18.7 Å². The van der Waals surface area contributed by atoms with Gasteiger partial charge in [-0.05, 0) is 44.0 Å². The molecule has 162 valence electrons. The third kappa shape index (κ3) is 6.33. The van der Waals surface area contributed by atoms with Crippen molar-refractivity contribution in [1.82, 2.24) is 15.4 Å². The zero-order valence-electron chi connectivity index (χ0n) is 17.9. The molecule has 0 aliphatic heterocycles. The Kier molecular flexibility index (Phi) is 7.97. The van der Waals surface area contributed by atoms with E-state index in [2.05, 4.69) is 15.8 Å². The fraction of sp³-hybridized carbons (Fsp3) is 0.429. The monoisotopic (exact) mass is 416 g/mol. The number of anilines is 1. The third-order valence-electron chi connectivity index (χ3n) is 4.30. The van der Waals surface area contributed by atoms with E-state index in [4.69, 9.17) is 9.26 Å². The Balaban J connectivity index is 1.98. The number of carbonyl (C=O) groups excluding carboxylic acids is 3. The Morgan fingerprint density at radius 3 is 2.40 bits per heavy atom.